The molecule has 0 amide bonds. The average molecular weight is 328 g/mol. The summed E-state index contributed by atoms with van der Waals surface area (Å²) in [6, 6.07) is 7.41. The minimum atomic E-state index is -1.51. The maximum atomic E-state index is 12.0. The Morgan fingerprint density at radius 3 is 2.75 bits per heavy atom. The summed E-state index contributed by atoms with van der Waals surface area (Å²) < 4.78 is 7.35. The number of hydrogen-bond acceptors (Lipinski definition) is 4. The first kappa shape index (κ1) is 15.7. The Hall–Kier alpha value is -3.22. The van der Waals surface area contributed by atoms with E-state index >= 15 is 0 Å². The molecule has 3 rings (SSSR count). The third kappa shape index (κ3) is 2.40. The first-order valence-corrected chi connectivity index (χ1v) is 7.34. The first-order valence-electron chi connectivity index (χ1n) is 7.34. The Kier molecular flexibility index (Phi) is 3.76. The molecule has 0 unspecified atom stereocenters. The van der Waals surface area contributed by atoms with Crippen LogP contribution < -0.4 is 10.3 Å². The van der Waals surface area contributed by atoms with E-state index in [4.69, 9.17) is 9.84 Å². The van der Waals surface area contributed by atoms with Crippen LogP contribution in [0.1, 0.15) is 17.3 Å². The number of H-pyrrole nitrogens is 1. The van der Waals surface area contributed by atoms with Crippen molar-refractivity contribution in [3.05, 3.63) is 46.4 Å². The molecule has 0 bridgehead atoms. The lowest BCUT2D eigenvalue weighted by Gasteiger charge is -2.13. The van der Waals surface area contributed by atoms with Crippen molar-refractivity contribution < 1.29 is 19.7 Å². The van der Waals surface area contributed by atoms with Crippen molar-refractivity contribution in [2.45, 2.75) is 6.92 Å². The van der Waals surface area contributed by atoms with Crippen LogP contribution in [-0.2, 0) is 7.05 Å². The summed E-state index contributed by atoms with van der Waals surface area (Å²) in [5.41, 5.74) is 0.247. The number of carboxylic acids is 1. The molecule has 7 heteroatoms. The summed E-state index contributed by atoms with van der Waals surface area (Å²) in [7, 11) is 1.92. The summed E-state index contributed by atoms with van der Waals surface area (Å²) in [4.78, 5) is 25.7. The Balaban J connectivity index is 2.28. The summed E-state index contributed by atoms with van der Waals surface area (Å²) >= 11 is 0. The molecule has 3 N–H and O–H groups in total. The third-order valence-corrected chi connectivity index (χ3v) is 3.82. The number of ether oxygens (including phenoxy) is 1. The van der Waals surface area contributed by atoms with Crippen molar-refractivity contribution in [2.24, 2.45) is 7.05 Å². The van der Waals surface area contributed by atoms with Crippen LogP contribution in [0.5, 0.6) is 11.5 Å². The SMILES string of the molecule is CCOc1c(-c2ccc3c(ccn3C)c2)[nH]c(=O)c(C(=O)O)c1O. The van der Waals surface area contributed by atoms with Crippen LogP contribution >= 0.6 is 0 Å². The molecule has 0 aliphatic carbocycles. The van der Waals surface area contributed by atoms with Gasteiger partial charge in [-0.05, 0) is 25.1 Å². The molecule has 0 saturated heterocycles. The maximum absolute atomic E-state index is 12.0. The van der Waals surface area contributed by atoms with E-state index in [2.05, 4.69) is 4.98 Å². The van der Waals surface area contributed by atoms with Gasteiger partial charge in [-0.25, -0.2) is 4.79 Å². The van der Waals surface area contributed by atoms with Gasteiger partial charge >= 0.3 is 5.97 Å². The van der Waals surface area contributed by atoms with E-state index in [1.54, 1.807) is 13.0 Å². The predicted octanol–water partition coefficient (Wildman–Crippen LogP) is 2.34. The summed E-state index contributed by atoms with van der Waals surface area (Å²) in [5, 5.41) is 20.3. The Bertz CT molecular complexity index is 1000. The molecular formula is C17H16N2O5. The summed E-state index contributed by atoms with van der Waals surface area (Å²) in [6.07, 6.45) is 1.91. The van der Waals surface area contributed by atoms with Crippen LogP contribution in [0.25, 0.3) is 22.2 Å². The van der Waals surface area contributed by atoms with Gasteiger partial charge in [-0.15, -0.1) is 0 Å². The molecule has 124 valence electrons. The Morgan fingerprint density at radius 2 is 2.08 bits per heavy atom. The lowest BCUT2D eigenvalue weighted by atomic mass is 10.1. The van der Waals surface area contributed by atoms with E-state index < -0.39 is 22.8 Å². The molecule has 0 fully saturated rings. The third-order valence-electron chi connectivity index (χ3n) is 3.82. The minimum absolute atomic E-state index is 0.0511. The zero-order chi connectivity index (χ0) is 17.4. The van der Waals surface area contributed by atoms with Crippen molar-refractivity contribution in [1.29, 1.82) is 0 Å². The second kappa shape index (κ2) is 5.77. The number of nitrogens with zero attached hydrogens (tertiary/aromatic N) is 1. The van der Waals surface area contributed by atoms with Crippen molar-refractivity contribution in [3.63, 3.8) is 0 Å². The molecule has 1 aromatic carbocycles. The van der Waals surface area contributed by atoms with E-state index in [0.29, 0.717) is 5.56 Å². The smallest absolute Gasteiger partial charge is 0.345 e. The van der Waals surface area contributed by atoms with E-state index in [-0.39, 0.29) is 18.1 Å². The predicted molar refractivity (Wildman–Crippen MR) is 88.8 cm³/mol. The molecule has 0 atom stereocenters. The fourth-order valence-corrected chi connectivity index (χ4v) is 2.70. The van der Waals surface area contributed by atoms with Gasteiger partial charge in [0.2, 0.25) is 0 Å². The van der Waals surface area contributed by atoms with Gasteiger partial charge in [0.15, 0.2) is 17.1 Å². The summed E-state index contributed by atoms with van der Waals surface area (Å²) in [5.74, 6) is -2.24. The molecule has 0 saturated carbocycles. The van der Waals surface area contributed by atoms with Crippen LogP contribution in [0.3, 0.4) is 0 Å². The highest BCUT2D eigenvalue weighted by Crippen LogP contribution is 2.37. The van der Waals surface area contributed by atoms with Crippen molar-refractivity contribution in [1.82, 2.24) is 9.55 Å². The van der Waals surface area contributed by atoms with Gasteiger partial charge in [-0.1, -0.05) is 6.07 Å². The number of aromatic hydroxyl groups is 1. The van der Waals surface area contributed by atoms with Crippen LogP contribution in [0, 0.1) is 0 Å². The highest BCUT2D eigenvalue weighted by atomic mass is 16.5. The normalized spacial score (nSPS) is 10.9. The van der Waals surface area contributed by atoms with Crippen molar-refractivity contribution in [3.8, 4) is 22.8 Å². The van der Waals surface area contributed by atoms with Crippen LogP contribution in [0.15, 0.2) is 35.3 Å². The lowest BCUT2D eigenvalue weighted by molar-refractivity contribution is 0.0690. The number of rotatable bonds is 4. The summed E-state index contributed by atoms with van der Waals surface area (Å²) in [6.45, 7) is 1.91. The number of aromatic nitrogens is 2. The molecule has 2 aromatic heterocycles. The first-order chi connectivity index (χ1) is 11.4. The highest BCUT2D eigenvalue weighted by Gasteiger charge is 2.24. The maximum Gasteiger partial charge on any atom is 0.345 e. The van der Waals surface area contributed by atoms with Gasteiger partial charge in [-0.2, -0.15) is 0 Å². The number of aryl methyl sites for hydroxylation is 1. The van der Waals surface area contributed by atoms with E-state index in [0.717, 1.165) is 10.9 Å². The number of carbonyl (C=O) groups is 1. The zero-order valence-electron chi connectivity index (χ0n) is 13.2. The number of aromatic carboxylic acids is 1. The lowest BCUT2D eigenvalue weighted by Crippen LogP contribution is -2.19. The second-order valence-corrected chi connectivity index (χ2v) is 5.32. The Labute approximate surface area is 136 Å². The molecule has 0 aliphatic heterocycles. The fraction of sp³-hybridized carbons (Fsp3) is 0.176. The highest BCUT2D eigenvalue weighted by molar-refractivity contribution is 5.93. The molecule has 0 aliphatic rings. The molecule has 0 spiro atoms. The number of fused-ring (bicyclic) bond motifs is 1. The molecule has 0 radical (unpaired) electrons. The fourth-order valence-electron chi connectivity index (χ4n) is 2.70. The second-order valence-electron chi connectivity index (χ2n) is 5.32. The van der Waals surface area contributed by atoms with Gasteiger partial charge in [0.25, 0.3) is 5.56 Å². The van der Waals surface area contributed by atoms with Gasteiger partial charge in [0, 0.05) is 29.7 Å². The van der Waals surface area contributed by atoms with Crippen LogP contribution in [0.2, 0.25) is 0 Å². The van der Waals surface area contributed by atoms with Crippen LogP contribution in [-0.4, -0.2) is 32.3 Å². The van der Waals surface area contributed by atoms with E-state index in [1.807, 2.05) is 36.0 Å². The van der Waals surface area contributed by atoms with E-state index in [9.17, 15) is 14.7 Å². The number of benzene rings is 1. The average Bonchev–Trinajstić information content (AvgIpc) is 2.90. The molecule has 3 aromatic rings. The molecule has 2 heterocycles. The molecular weight excluding hydrogens is 312 g/mol. The quantitative estimate of drug-likeness (QED) is 0.682. The van der Waals surface area contributed by atoms with Crippen molar-refractivity contribution in [2.75, 3.05) is 6.61 Å². The number of nitrogens with one attached hydrogen (secondary N) is 1. The number of pyridine rings is 1. The molecule has 24 heavy (non-hydrogen) atoms. The standard InChI is InChI=1S/C17H16N2O5/c1-3-24-15-13(18-16(21)12(14(15)20)17(22)23)10-4-5-11-9(8-10)6-7-19(11)2/h4-8H,3H2,1-2H3,(H,22,23)(H2,18,20,21). The zero-order valence-corrected chi connectivity index (χ0v) is 13.2. The van der Waals surface area contributed by atoms with E-state index in [1.165, 1.54) is 0 Å². The number of aromatic amines is 1. The van der Waals surface area contributed by atoms with Gasteiger partial charge in [0.05, 0.1) is 12.3 Å². The van der Waals surface area contributed by atoms with Gasteiger partial charge in [-0.3, -0.25) is 4.79 Å². The van der Waals surface area contributed by atoms with Crippen LogP contribution in [0.4, 0.5) is 0 Å². The topological polar surface area (TPSA) is 105 Å². The van der Waals surface area contributed by atoms with Gasteiger partial charge < -0.3 is 24.5 Å². The number of carboxylic acid groups (broad SMARTS) is 1. The largest absolute Gasteiger partial charge is 0.503 e. The van der Waals surface area contributed by atoms with Crippen molar-refractivity contribution >= 4 is 16.9 Å². The number of hydrogen-bond donors (Lipinski definition) is 3. The molecule has 7 nitrogen and oxygen atoms in total. The Morgan fingerprint density at radius 1 is 1.33 bits per heavy atom. The minimum Gasteiger partial charge on any atom is -0.503 e. The monoisotopic (exact) mass is 328 g/mol. The van der Waals surface area contributed by atoms with Gasteiger partial charge in [0.1, 0.15) is 0 Å².